The van der Waals surface area contributed by atoms with Crippen molar-refractivity contribution in [1.29, 1.82) is 5.26 Å². The zero-order chi connectivity index (χ0) is 14.2. The predicted molar refractivity (Wildman–Crippen MR) is 79.3 cm³/mol. The molecule has 1 amide bonds. The van der Waals surface area contributed by atoms with E-state index in [0.29, 0.717) is 17.7 Å². The molecule has 1 N–H and O–H groups in total. The molecule has 1 heterocycles. The molecule has 0 atom stereocenters. The second-order valence-corrected chi connectivity index (χ2v) is 5.23. The largest absolute Gasteiger partial charge is 0.468 e. The van der Waals surface area contributed by atoms with Gasteiger partial charge in [0.15, 0.2) is 0 Å². The first-order valence-electron chi connectivity index (χ1n) is 6.18. The summed E-state index contributed by atoms with van der Waals surface area (Å²) >= 11 is 1.65. The van der Waals surface area contributed by atoms with Crippen LogP contribution in [-0.2, 0) is 10.5 Å². The van der Waals surface area contributed by atoms with Crippen molar-refractivity contribution in [3.8, 4) is 6.07 Å². The first-order valence-corrected chi connectivity index (χ1v) is 7.33. The summed E-state index contributed by atoms with van der Waals surface area (Å²) in [5.41, 5.74) is 1.19. The zero-order valence-corrected chi connectivity index (χ0v) is 11.7. The molecule has 4 nitrogen and oxygen atoms in total. The van der Waals surface area contributed by atoms with Gasteiger partial charge in [0.2, 0.25) is 5.91 Å². The molecule has 0 unspecified atom stereocenters. The second kappa shape index (κ2) is 7.41. The van der Waals surface area contributed by atoms with Crippen LogP contribution in [0, 0.1) is 11.3 Å². The molecule has 0 aliphatic rings. The SMILES string of the molecule is N#Cc1cccc(NC(=O)CCSCc2ccco2)c1. The second-order valence-electron chi connectivity index (χ2n) is 4.12. The third-order valence-corrected chi connectivity index (χ3v) is 3.55. The number of thioether (sulfide) groups is 1. The normalized spacial score (nSPS) is 9.95. The van der Waals surface area contributed by atoms with Gasteiger partial charge in [0, 0.05) is 17.9 Å². The molecule has 0 bridgehead atoms. The lowest BCUT2D eigenvalue weighted by atomic mass is 10.2. The van der Waals surface area contributed by atoms with Gasteiger partial charge in [0.1, 0.15) is 5.76 Å². The van der Waals surface area contributed by atoms with Crippen LogP contribution in [0.25, 0.3) is 0 Å². The highest BCUT2D eigenvalue weighted by molar-refractivity contribution is 7.98. The van der Waals surface area contributed by atoms with Crippen LogP contribution in [0.4, 0.5) is 5.69 Å². The van der Waals surface area contributed by atoms with Gasteiger partial charge >= 0.3 is 0 Å². The number of nitrogens with zero attached hydrogens (tertiary/aromatic N) is 1. The summed E-state index contributed by atoms with van der Waals surface area (Å²) in [6, 6.07) is 12.7. The summed E-state index contributed by atoms with van der Waals surface area (Å²) in [5.74, 6) is 2.36. The summed E-state index contributed by atoms with van der Waals surface area (Å²) in [5, 5.41) is 11.6. The maximum absolute atomic E-state index is 11.7. The molecule has 20 heavy (non-hydrogen) atoms. The Morgan fingerprint density at radius 3 is 3.00 bits per heavy atom. The van der Waals surface area contributed by atoms with E-state index >= 15 is 0 Å². The molecule has 1 aromatic carbocycles. The molecule has 1 aromatic heterocycles. The van der Waals surface area contributed by atoms with Crippen LogP contribution in [-0.4, -0.2) is 11.7 Å². The Balaban J connectivity index is 1.71. The highest BCUT2D eigenvalue weighted by Gasteiger charge is 2.04. The first kappa shape index (κ1) is 14.2. The Morgan fingerprint density at radius 1 is 1.35 bits per heavy atom. The van der Waals surface area contributed by atoms with Crippen LogP contribution in [0.5, 0.6) is 0 Å². The van der Waals surface area contributed by atoms with E-state index in [1.54, 1.807) is 42.3 Å². The molecule has 0 radical (unpaired) electrons. The van der Waals surface area contributed by atoms with Crippen LogP contribution in [0.15, 0.2) is 47.1 Å². The van der Waals surface area contributed by atoms with Gasteiger partial charge in [-0.3, -0.25) is 4.79 Å². The van der Waals surface area contributed by atoms with Gasteiger partial charge < -0.3 is 9.73 Å². The monoisotopic (exact) mass is 286 g/mol. The van der Waals surface area contributed by atoms with Gasteiger partial charge in [-0.05, 0) is 30.3 Å². The third kappa shape index (κ3) is 4.48. The van der Waals surface area contributed by atoms with E-state index in [-0.39, 0.29) is 5.91 Å². The van der Waals surface area contributed by atoms with Gasteiger partial charge in [-0.1, -0.05) is 6.07 Å². The number of anilines is 1. The molecule has 0 aliphatic heterocycles. The quantitative estimate of drug-likeness (QED) is 0.826. The number of amides is 1. The van der Waals surface area contributed by atoms with Crippen LogP contribution >= 0.6 is 11.8 Å². The standard InChI is InChI=1S/C15H14N2O2S/c16-10-12-3-1-4-13(9-12)17-15(18)6-8-20-11-14-5-2-7-19-14/h1-5,7,9H,6,8,11H2,(H,17,18). The first-order chi connectivity index (χ1) is 9.78. The summed E-state index contributed by atoms with van der Waals surface area (Å²) in [6.45, 7) is 0. The average molecular weight is 286 g/mol. The number of hydrogen-bond donors (Lipinski definition) is 1. The fraction of sp³-hybridized carbons (Fsp3) is 0.200. The van der Waals surface area contributed by atoms with E-state index in [2.05, 4.69) is 5.32 Å². The number of rotatable bonds is 6. The van der Waals surface area contributed by atoms with Crippen molar-refractivity contribution >= 4 is 23.4 Å². The van der Waals surface area contributed by atoms with Crippen molar-refractivity contribution in [1.82, 2.24) is 0 Å². The van der Waals surface area contributed by atoms with E-state index < -0.39 is 0 Å². The van der Waals surface area contributed by atoms with E-state index in [0.717, 1.165) is 17.3 Å². The average Bonchev–Trinajstić information content (AvgIpc) is 2.97. The Hall–Kier alpha value is -2.19. The number of carbonyl (C=O) groups is 1. The highest BCUT2D eigenvalue weighted by atomic mass is 32.2. The third-order valence-electron chi connectivity index (χ3n) is 2.57. The molecule has 2 rings (SSSR count). The van der Waals surface area contributed by atoms with Gasteiger partial charge in [0.05, 0.1) is 23.6 Å². The van der Waals surface area contributed by atoms with Crippen LogP contribution in [0.2, 0.25) is 0 Å². The fourth-order valence-electron chi connectivity index (χ4n) is 1.62. The molecular formula is C15H14N2O2S. The number of furan rings is 1. The number of carbonyl (C=O) groups excluding carboxylic acids is 1. The zero-order valence-electron chi connectivity index (χ0n) is 10.8. The maximum Gasteiger partial charge on any atom is 0.225 e. The summed E-state index contributed by atoms with van der Waals surface area (Å²) < 4.78 is 5.21. The Labute approximate surface area is 121 Å². The summed E-state index contributed by atoms with van der Waals surface area (Å²) in [7, 11) is 0. The summed E-state index contributed by atoms with van der Waals surface area (Å²) in [6.07, 6.45) is 2.08. The molecule has 0 fully saturated rings. The van der Waals surface area contributed by atoms with E-state index in [9.17, 15) is 4.79 Å². The lowest BCUT2D eigenvalue weighted by Gasteiger charge is -2.05. The highest BCUT2D eigenvalue weighted by Crippen LogP contribution is 2.14. The minimum absolute atomic E-state index is 0.0490. The van der Waals surface area contributed by atoms with E-state index in [4.69, 9.17) is 9.68 Å². The van der Waals surface area contributed by atoms with Crippen molar-refractivity contribution in [3.05, 3.63) is 54.0 Å². The lowest BCUT2D eigenvalue weighted by molar-refractivity contribution is -0.115. The number of benzene rings is 1. The van der Waals surface area contributed by atoms with Gasteiger partial charge in [-0.25, -0.2) is 0 Å². The van der Waals surface area contributed by atoms with Crippen molar-refractivity contribution in [2.45, 2.75) is 12.2 Å². The van der Waals surface area contributed by atoms with Crippen molar-refractivity contribution in [2.75, 3.05) is 11.1 Å². The van der Waals surface area contributed by atoms with Gasteiger partial charge in [-0.2, -0.15) is 17.0 Å². The van der Waals surface area contributed by atoms with Crippen LogP contribution < -0.4 is 5.32 Å². The maximum atomic E-state index is 11.7. The smallest absolute Gasteiger partial charge is 0.225 e. The molecule has 102 valence electrons. The van der Waals surface area contributed by atoms with E-state index in [1.807, 2.05) is 18.2 Å². The Kier molecular flexibility index (Phi) is 5.27. The number of nitrogens with one attached hydrogen (secondary N) is 1. The van der Waals surface area contributed by atoms with Crippen molar-refractivity contribution in [2.24, 2.45) is 0 Å². The molecular weight excluding hydrogens is 272 g/mol. The topological polar surface area (TPSA) is 66.0 Å². The van der Waals surface area contributed by atoms with Crippen molar-refractivity contribution in [3.63, 3.8) is 0 Å². The molecule has 0 spiro atoms. The fourth-order valence-corrected chi connectivity index (χ4v) is 2.46. The van der Waals surface area contributed by atoms with E-state index in [1.165, 1.54) is 0 Å². The lowest BCUT2D eigenvalue weighted by Crippen LogP contribution is -2.12. The van der Waals surface area contributed by atoms with Gasteiger partial charge in [-0.15, -0.1) is 0 Å². The predicted octanol–water partition coefficient (Wildman–Crippen LogP) is 3.41. The minimum atomic E-state index is -0.0490. The number of hydrogen-bond acceptors (Lipinski definition) is 4. The van der Waals surface area contributed by atoms with Gasteiger partial charge in [0.25, 0.3) is 0 Å². The Morgan fingerprint density at radius 2 is 2.25 bits per heavy atom. The van der Waals surface area contributed by atoms with Crippen LogP contribution in [0.1, 0.15) is 17.7 Å². The van der Waals surface area contributed by atoms with Crippen LogP contribution in [0.3, 0.4) is 0 Å². The molecule has 0 aliphatic carbocycles. The molecule has 0 saturated heterocycles. The Bertz CT molecular complexity index is 603. The molecule has 5 heteroatoms. The molecule has 2 aromatic rings. The van der Waals surface area contributed by atoms with Crippen molar-refractivity contribution < 1.29 is 9.21 Å². The molecule has 0 saturated carbocycles. The number of nitriles is 1. The minimum Gasteiger partial charge on any atom is -0.468 e. The summed E-state index contributed by atoms with van der Waals surface area (Å²) in [4.78, 5) is 11.7.